The standard InChI is InChI=1S/C26H28BrN3O3S2/c1-26(2,3)14-9-10-16-18(12-14)35-24(19(16)22(28)31)30-25(34)29-23(32)17-11-13-7-5-6-8-15(13)20(27)21(17)33-4/h5-8,11,14H,9-10,12H2,1-4H3,(H2,28,31)(H2,29,30,32,34). The predicted octanol–water partition coefficient (Wildman–Crippen LogP) is 6.05. The van der Waals surface area contributed by atoms with Crippen LogP contribution < -0.4 is 21.1 Å². The van der Waals surface area contributed by atoms with Crippen LogP contribution in [0.3, 0.4) is 0 Å². The monoisotopic (exact) mass is 573 g/mol. The van der Waals surface area contributed by atoms with Gasteiger partial charge in [-0.2, -0.15) is 0 Å². The Bertz CT molecular complexity index is 1340. The van der Waals surface area contributed by atoms with Crippen LogP contribution in [0.25, 0.3) is 10.8 Å². The maximum Gasteiger partial charge on any atom is 0.261 e. The molecule has 1 atom stereocenters. The lowest BCUT2D eigenvalue weighted by atomic mass is 9.72. The van der Waals surface area contributed by atoms with Crippen LogP contribution in [0.5, 0.6) is 5.75 Å². The Hall–Kier alpha value is -2.49. The Kier molecular flexibility index (Phi) is 7.22. The number of hydrogen-bond acceptors (Lipinski definition) is 5. The summed E-state index contributed by atoms with van der Waals surface area (Å²) >= 11 is 10.5. The second kappa shape index (κ2) is 9.87. The zero-order chi connectivity index (χ0) is 25.5. The molecule has 1 aliphatic rings. The van der Waals surface area contributed by atoms with Crippen molar-refractivity contribution in [2.45, 2.75) is 40.0 Å². The highest BCUT2D eigenvalue weighted by Crippen LogP contribution is 2.44. The van der Waals surface area contributed by atoms with Crippen molar-refractivity contribution in [3.8, 4) is 5.75 Å². The number of carbonyl (C=O) groups excluding carboxylic acids is 2. The number of fused-ring (bicyclic) bond motifs is 2. The van der Waals surface area contributed by atoms with Gasteiger partial charge in [-0.1, -0.05) is 45.0 Å². The van der Waals surface area contributed by atoms with Gasteiger partial charge in [0.1, 0.15) is 10.8 Å². The first-order chi connectivity index (χ1) is 16.5. The Morgan fingerprint density at radius 2 is 1.97 bits per heavy atom. The Morgan fingerprint density at radius 1 is 1.26 bits per heavy atom. The van der Waals surface area contributed by atoms with Crippen LogP contribution in [-0.2, 0) is 12.8 Å². The van der Waals surface area contributed by atoms with E-state index in [1.165, 1.54) is 18.4 Å². The van der Waals surface area contributed by atoms with Gasteiger partial charge in [0, 0.05) is 4.88 Å². The number of thiophene rings is 1. The lowest BCUT2D eigenvalue weighted by Gasteiger charge is -2.33. The highest BCUT2D eigenvalue weighted by atomic mass is 79.9. The fourth-order valence-electron chi connectivity index (χ4n) is 4.63. The van der Waals surface area contributed by atoms with E-state index in [9.17, 15) is 9.59 Å². The van der Waals surface area contributed by atoms with E-state index in [1.807, 2.05) is 24.3 Å². The molecule has 0 fully saturated rings. The van der Waals surface area contributed by atoms with Crippen LogP contribution >= 0.6 is 39.5 Å². The topological polar surface area (TPSA) is 93.4 Å². The van der Waals surface area contributed by atoms with Crippen molar-refractivity contribution < 1.29 is 14.3 Å². The normalized spacial score (nSPS) is 15.4. The van der Waals surface area contributed by atoms with Crippen molar-refractivity contribution in [3.63, 3.8) is 0 Å². The summed E-state index contributed by atoms with van der Waals surface area (Å²) in [5.74, 6) is 0.0309. The van der Waals surface area contributed by atoms with Gasteiger partial charge in [-0.15, -0.1) is 11.3 Å². The minimum atomic E-state index is -0.492. The molecule has 0 aliphatic heterocycles. The zero-order valence-corrected chi connectivity index (χ0v) is 23.3. The number of ether oxygens (including phenoxy) is 1. The van der Waals surface area contributed by atoms with Crippen LogP contribution in [0, 0.1) is 11.3 Å². The van der Waals surface area contributed by atoms with Crippen LogP contribution in [0.2, 0.25) is 0 Å². The smallest absolute Gasteiger partial charge is 0.261 e. The summed E-state index contributed by atoms with van der Waals surface area (Å²) in [7, 11) is 1.52. The molecule has 2 aromatic carbocycles. The number of halogens is 1. The van der Waals surface area contributed by atoms with E-state index in [0.29, 0.717) is 32.3 Å². The highest BCUT2D eigenvalue weighted by molar-refractivity contribution is 9.10. The van der Waals surface area contributed by atoms with Crippen molar-refractivity contribution in [1.29, 1.82) is 0 Å². The summed E-state index contributed by atoms with van der Waals surface area (Å²) in [6.45, 7) is 6.73. The van der Waals surface area contributed by atoms with Crippen molar-refractivity contribution in [1.82, 2.24) is 5.32 Å². The molecule has 9 heteroatoms. The van der Waals surface area contributed by atoms with Gasteiger partial charge in [-0.3, -0.25) is 14.9 Å². The minimum Gasteiger partial charge on any atom is -0.495 e. The SMILES string of the molecule is COc1c(C(=O)NC(=S)Nc2sc3c(c2C(N)=O)CCC(C(C)(C)C)C3)cc2ccccc2c1Br. The van der Waals surface area contributed by atoms with Gasteiger partial charge in [0.15, 0.2) is 5.11 Å². The first kappa shape index (κ1) is 25.6. The van der Waals surface area contributed by atoms with Crippen LogP contribution in [0.4, 0.5) is 5.00 Å². The summed E-state index contributed by atoms with van der Waals surface area (Å²) in [4.78, 5) is 26.7. The molecule has 6 nitrogen and oxygen atoms in total. The molecule has 2 amide bonds. The fraction of sp³-hybridized carbons (Fsp3) is 0.346. The molecular weight excluding hydrogens is 546 g/mol. The molecule has 1 aromatic heterocycles. The third-order valence-electron chi connectivity index (χ3n) is 6.58. The number of nitrogens with one attached hydrogen (secondary N) is 2. The van der Waals surface area contributed by atoms with Gasteiger partial charge >= 0.3 is 0 Å². The molecule has 0 bridgehead atoms. The van der Waals surface area contributed by atoms with E-state index in [0.717, 1.165) is 40.5 Å². The molecule has 0 saturated carbocycles. The molecule has 184 valence electrons. The third kappa shape index (κ3) is 5.08. The molecule has 0 saturated heterocycles. The zero-order valence-electron chi connectivity index (χ0n) is 20.1. The molecule has 4 rings (SSSR count). The number of hydrogen-bond donors (Lipinski definition) is 3. The minimum absolute atomic E-state index is 0.0924. The van der Waals surface area contributed by atoms with Crippen molar-refractivity contribution >= 4 is 72.2 Å². The molecule has 35 heavy (non-hydrogen) atoms. The summed E-state index contributed by atoms with van der Waals surface area (Å²) in [5, 5.41) is 8.28. The molecule has 1 heterocycles. The predicted molar refractivity (Wildman–Crippen MR) is 150 cm³/mol. The fourth-order valence-corrected chi connectivity index (χ4v) is 6.96. The lowest BCUT2D eigenvalue weighted by molar-refractivity contribution is 0.0972. The Balaban J connectivity index is 1.58. The molecule has 0 spiro atoms. The van der Waals surface area contributed by atoms with Crippen molar-refractivity contribution in [2.75, 3.05) is 12.4 Å². The van der Waals surface area contributed by atoms with E-state index in [4.69, 9.17) is 22.7 Å². The molecule has 3 aromatic rings. The number of nitrogens with two attached hydrogens (primary N) is 1. The summed E-state index contributed by atoms with van der Waals surface area (Å²) in [6, 6.07) is 9.47. The molecule has 1 aliphatic carbocycles. The number of primary amides is 1. The van der Waals surface area contributed by atoms with Gasteiger partial charge in [-0.25, -0.2) is 0 Å². The average Bonchev–Trinajstić information content (AvgIpc) is 3.15. The molecule has 4 N–H and O–H groups in total. The Morgan fingerprint density at radius 3 is 2.63 bits per heavy atom. The number of benzene rings is 2. The third-order valence-corrected chi connectivity index (χ3v) is 8.74. The number of amides is 2. The summed E-state index contributed by atoms with van der Waals surface area (Å²) in [6.07, 6.45) is 2.70. The quantitative estimate of drug-likeness (QED) is 0.330. The number of rotatable bonds is 4. The first-order valence-corrected chi connectivity index (χ1v) is 13.3. The highest BCUT2D eigenvalue weighted by Gasteiger charge is 2.33. The van der Waals surface area contributed by atoms with E-state index in [2.05, 4.69) is 47.3 Å². The number of carbonyl (C=O) groups is 2. The van der Waals surface area contributed by atoms with Gasteiger partial charge in [0.2, 0.25) is 0 Å². The van der Waals surface area contributed by atoms with Gasteiger partial charge < -0.3 is 15.8 Å². The van der Waals surface area contributed by atoms with Crippen molar-refractivity contribution in [3.05, 3.63) is 56.4 Å². The molecular formula is C26H28BrN3O3S2. The molecule has 1 unspecified atom stereocenters. The van der Waals surface area contributed by atoms with E-state index in [-0.39, 0.29) is 10.5 Å². The van der Waals surface area contributed by atoms with Crippen LogP contribution in [0.1, 0.15) is 58.3 Å². The van der Waals surface area contributed by atoms with Gasteiger partial charge in [-0.05, 0) is 81.1 Å². The summed E-state index contributed by atoms with van der Waals surface area (Å²) in [5.41, 5.74) is 7.75. The number of anilines is 1. The first-order valence-electron chi connectivity index (χ1n) is 11.3. The molecule has 0 radical (unpaired) electrons. The number of methoxy groups -OCH3 is 1. The van der Waals surface area contributed by atoms with Gasteiger partial charge in [0.25, 0.3) is 11.8 Å². The second-order valence-electron chi connectivity index (χ2n) is 9.78. The van der Waals surface area contributed by atoms with Crippen molar-refractivity contribution in [2.24, 2.45) is 17.1 Å². The maximum absolute atomic E-state index is 13.2. The lowest BCUT2D eigenvalue weighted by Crippen LogP contribution is -2.34. The van der Waals surface area contributed by atoms with Crippen LogP contribution in [-0.4, -0.2) is 24.0 Å². The average molecular weight is 575 g/mol. The summed E-state index contributed by atoms with van der Waals surface area (Å²) < 4.78 is 6.21. The van der Waals surface area contributed by atoms with Crippen LogP contribution in [0.15, 0.2) is 34.8 Å². The van der Waals surface area contributed by atoms with E-state index < -0.39 is 11.8 Å². The second-order valence-corrected chi connectivity index (χ2v) is 12.1. The maximum atomic E-state index is 13.2. The van der Waals surface area contributed by atoms with E-state index >= 15 is 0 Å². The largest absolute Gasteiger partial charge is 0.495 e. The van der Waals surface area contributed by atoms with Gasteiger partial charge in [0.05, 0.1) is 22.7 Å². The Labute approximate surface area is 222 Å². The number of thiocarbonyl (C=S) groups is 1. The van der Waals surface area contributed by atoms with E-state index in [1.54, 1.807) is 6.07 Å².